The number of halogens is 1. The van der Waals surface area contributed by atoms with Crippen molar-refractivity contribution in [3.05, 3.63) is 70.5 Å². The second-order valence-corrected chi connectivity index (χ2v) is 8.15. The summed E-state index contributed by atoms with van der Waals surface area (Å²) in [6.07, 6.45) is 0.861. The second kappa shape index (κ2) is 9.96. The summed E-state index contributed by atoms with van der Waals surface area (Å²) >= 11 is 0. The van der Waals surface area contributed by atoms with Crippen molar-refractivity contribution < 1.29 is 23.8 Å². The van der Waals surface area contributed by atoms with Gasteiger partial charge in [-0.05, 0) is 57.3 Å². The Bertz CT molecular complexity index is 1050. The summed E-state index contributed by atoms with van der Waals surface area (Å²) in [6.45, 7) is 5.12. The van der Waals surface area contributed by atoms with Gasteiger partial charge < -0.3 is 19.6 Å². The molecule has 0 spiro atoms. The van der Waals surface area contributed by atoms with Crippen molar-refractivity contribution in [2.24, 2.45) is 0 Å². The third-order valence-corrected chi connectivity index (χ3v) is 5.44. The van der Waals surface area contributed by atoms with E-state index >= 15 is 0 Å². The molecule has 7 heteroatoms. The van der Waals surface area contributed by atoms with Crippen LogP contribution in [0.15, 0.2) is 48.0 Å². The van der Waals surface area contributed by atoms with Gasteiger partial charge in [0.1, 0.15) is 17.3 Å². The molecule has 32 heavy (non-hydrogen) atoms. The molecule has 0 aromatic heterocycles. The number of aryl methyl sites for hydroxylation is 1. The van der Waals surface area contributed by atoms with Crippen molar-refractivity contribution in [2.45, 2.75) is 26.3 Å². The van der Waals surface area contributed by atoms with Gasteiger partial charge in [-0.2, -0.15) is 0 Å². The highest BCUT2D eigenvalue weighted by Crippen LogP contribution is 2.40. The van der Waals surface area contributed by atoms with Crippen molar-refractivity contribution >= 4 is 17.4 Å². The molecule has 1 heterocycles. The molecule has 0 aliphatic carbocycles. The van der Waals surface area contributed by atoms with Crippen molar-refractivity contribution in [3.8, 4) is 5.75 Å². The topological polar surface area (TPSA) is 70.1 Å². The van der Waals surface area contributed by atoms with Crippen LogP contribution in [0, 0.1) is 12.7 Å². The highest BCUT2D eigenvalue weighted by molar-refractivity contribution is 6.46. The molecule has 1 amide bonds. The van der Waals surface area contributed by atoms with Gasteiger partial charge in [0.15, 0.2) is 0 Å². The minimum absolute atomic E-state index is 0.111. The van der Waals surface area contributed by atoms with Crippen LogP contribution in [0.25, 0.3) is 5.76 Å². The second-order valence-electron chi connectivity index (χ2n) is 8.15. The number of likely N-dealkylation sites (N-methyl/N-ethyl adjacent to an activating group) is 1. The standard InChI is InChI=1S/C25H29FN2O4/c1-5-14-32-20-11-10-17(15-16(20)2)23(29)21-22(18-8-6-7-9-19(18)26)28(13-12-27(3)4)25(31)24(21)30/h6-11,15,22,29H,5,12-14H2,1-4H3. The van der Waals surface area contributed by atoms with Gasteiger partial charge in [-0.25, -0.2) is 4.39 Å². The summed E-state index contributed by atoms with van der Waals surface area (Å²) in [5.41, 5.74) is 1.22. The molecule has 1 aliphatic rings. The van der Waals surface area contributed by atoms with Crippen molar-refractivity contribution in [1.82, 2.24) is 9.80 Å². The first kappa shape index (κ1) is 23.5. The summed E-state index contributed by atoms with van der Waals surface area (Å²) in [7, 11) is 3.69. The highest BCUT2D eigenvalue weighted by Gasteiger charge is 2.46. The largest absolute Gasteiger partial charge is 0.507 e. The molecule has 1 unspecified atom stereocenters. The van der Waals surface area contributed by atoms with Gasteiger partial charge in [0.2, 0.25) is 0 Å². The number of likely N-dealkylation sites (tertiary alicyclic amines) is 1. The van der Waals surface area contributed by atoms with E-state index in [4.69, 9.17) is 4.74 Å². The molecule has 170 valence electrons. The molecule has 1 saturated heterocycles. The number of aliphatic hydroxyl groups excluding tert-OH is 1. The lowest BCUT2D eigenvalue weighted by Gasteiger charge is -2.26. The quantitative estimate of drug-likeness (QED) is 0.383. The Morgan fingerprint density at radius 2 is 1.91 bits per heavy atom. The van der Waals surface area contributed by atoms with E-state index < -0.39 is 23.5 Å². The molecule has 1 aliphatic heterocycles. The minimum Gasteiger partial charge on any atom is -0.507 e. The van der Waals surface area contributed by atoms with E-state index in [1.807, 2.05) is 32.8 Å². The van der Waals surface area contributed by atoms with Gasteiger partial charge in [0, 0.05) is 24.2 Å². The number of benzene rings is 2. The predicted molar refractivity (Wildman–Crippen MR) is 121 cm³/mol. The average molecular weight is 441 g/mol. The van der Waals surface area contributed by atoms with Crippen LogP contribution in [0.4, 0.5) is 4.39 Å². The van der Waals surface area contributed by atoms with Crippen LogP contribution < -0.4 is 4.74 Å². The fraction of sp³-hybridized carbons (Fsp3) is 0.360. The van der Waals surface area contributed by atoms with E-state index in [9.17, 15) is 19.1 Å². The van der Waals surface area contributed by atoms with Gasteiger partial charge in [-0.3, -0.25) is 9.59 Å². The van der Waals surface area contributed by atoms with Crippen molar-refractivity contribution in [1.29, 1.82) is 0 Å². The highest BCUT2D eigenvalue weighted by atomic mass is 19.1. The van der Waals surface area contributed by atoms with E-state index in [1.165, 1.54) is 17.0 Å². The van der Waals surface area contributed by atoms with Crippen LogP contribution in [0.5, 0.6) is 5.75 Å². The molecule has 1 atom stereocenters. The lowest BCUT2D eigenvalue weighted by Crippen LogP contribution is -2.35. The van der Waals surface area contributed by atoms with E-state index in [0.29, 0.717) is 24.5 Å². The first-order chi connectivity index (χ1) is 15.3. The van der Waals surface area contributed by atoms with Gasteiger partial charge in [0.25, 0.3) is 11.7 Å². The van der Waals surface area contributed by atoms with Crippen LogP contribution in [0.3, 0.4) is 0 Å². The van der Waals surface area contributed by atoms with Gasteiger partial charge >= 0.3 is 0 Å². The van der Waals surface area contributed by atoms with Crippen molar-refractivity contribution in [2.75, 3.05) is 33.8 Å². The maximum Gasteiger partial charge on any atom is 0.295 e. The number of carbonyl (C=O) groups is 2. The molecule has 6 nitrogen and oxygen atoms in total. The predicted octanol–water partition coefficient (Wildman–Crippen LogP) is 3.91. The molecular weight excluding hydrogens is 411 g/mol. The van der Waals surface area contributed by atoms with Gasteiger partial charge in [0.05, 0.1) is 18.2 Å². The van der Waals surface area contributed by atoms with E-state index in [2.05, 4.69) is 0 Å². The molecule has 2 aromatic carbocycles. The fourth-order valence-corrected chi connectivity index (χ4v) is 3.76. The summed E-state index contributed by atoms with van der Waals surface area (Å²) < 4.78 is 20.4. The number of nitrogens with zero attached hydrogens (tertiary/aromatic N) is 2. The Balaban J connectivity index is 2.11. The first-order valence-electron chi connectivity index (χ1n) is 10.7. The third-order valence-electron chi connectivity index (χ3n) is 5.44. The number of ether oxygens (including phenoxy) is 1. The van der Waals surface area contributed by atoms with E-state index in [1.54, 1.807) is 30.3 Å². The lowest BCUT2D eigenvalue weighted by molar-refractivity contribution is -0.140. The lowest BCUT2D eigenvalue weighted by atomic mass is 9.94. The van der Waals surface area contributed by atoms with Crippen LogP contribution in [0.2, 0.25) is 0 Å². The zero-order valence-corrected chi connectivity index (χ0v) is 18.9. The smallest absolute Gasteiger partial charge is 0.295 e. The van der Waals surface area contributed by atoms with Gasteiger partial charge in [-0.15, -0.1) is 0 Å². The number of carbonyl (C=O) groups excluding carboxylic acids is 2. The molecule has 1 N–H and O–H groups in total. The Hall–Kier alpha value is -3.19. The van der Waals surface area contributed by atoms with Crippen LogP contribution in [-0.4, -0.2) is 60.4 Å². The van der Waals surface area contributed by atoms with Crippen LogP contribution in [0.1, 0.15) is 36.1 Å². The number of amides is 1. The normalized spacial score (nSPS) is 17.9. The molecule has 1 fully saturated rings. The van der Waals surface area contributed by atoms with E-state index in [-0.39, 0.29) is 23.4 Å². The molecule has 0 radical (unpaired) electrons. The summed E-state index contributed by atoms with van der Waals surface area (Å²) in [5, 5.41) is 11.1. The maximum atomic E-state index is 14.8. The monoisotopic (exact) mass is 440 g/mol. The number of rotatable bonds is 8. The number of Topliss-reactive ketones (excluding diaryl/α,β-unsaturated/α-hetero) is 1. The van der Waals surface area contributed by atoms with Gasteiger partial charge in [-0.1, -0.05) is 25.1 Å². The zero-order valence-electron chi connectivity index (χ0n) is 18.9. The first-order valence-corrected chi connectivity index (χ1v) is 10.7. The summed E-state index contributed by atoms with van der Waals surface area (Å²) in [4.78, 5) is 29.1. The SMILES string of the molecule is CCCOc1ccc(C(O)=C2C(=O)C(=O)N(CCN(C)C)C2c2ccccc2F)cc1C. The zero-order chi connectivity index (χ0) is 23.4. The molecule has 0 saturated carbocycles. The third kappa shape index (κ3) is 4.67. The van der Waals surface area contributed by atoms with E-state index in [0.717, 1.165) is 12.0 Å². The number of hydrogen-bond donors (Lipinski definition) is 1. The Morgan fingerprint density at radius 3 is 2.53 bits per heavy atom. The van der Waals surface area contributed by atoms with Crippen molar-refractivity contribution in [3.63, 3.8) is 0 Å². The average Bonchev–Trinajstić information content (AvgIpc) is 3.01. The fourth-order valence-electron chi connectivity index (χ4n) is 3.76. The molecule has 3 rings (SSSR count). The number of aliphatic hydroxyl groups is 1. The molecule has 0 bridgehead atoms. The Labute approximate surface area is 187 Å². The number of ketones is 1. The molecule has 2 aromatic rings. The van der Waals surface area contributed by atoms with Crippen LogP contribution >= 0.6 is 0 Å². The number of hydrogen-bond acceptors (Lipinski definition) is 5. The minimum atomic E-state index is -1.01. The van der Waals surface area contributed by atoms with Crippen LogP contribution in [-0.2, 0) is 9.59 Å². The maximum absolute atomic E-state index is 14.8. The summed E-state index contributed by atoms with van der Waals surface area (Å²) in [6, 6.07) is 10.1. The summed E-state index contributed by atoms with van der Waals surface area (Å²) in [5.74, 6) is -1.76. The molecular formula is C25H29FN2O4. The Kier molecular flexibility index (Phi) is 7.30. The Morgan fingerprint density at radius 1 is 1.19 bits per heavy atom.